The summed E-state index contributed by atoms with van der Waals surface area (Å²) in [4.78, 5) is 12.7. The molecule has 2 N–H and O–H groups in total. The summed E-state index contributed by atoms with van der Waals surface area (Å²) in [5, 5.41) is 8.18. The number of rotatable bonds is 5. The maximum atomic E-state index is 4.49. The van der Waals surface area contributed by atoms with Crippen LogP contribution in [0.3, 0.4) is 0 Å². The van der Waals surface area contributed by atoms with E-state index >= 15 is 0 Å². The Balaban J connectivity index is 1.42. The summed E-state index contributed by atoms with van der Waals surface area (Å²) in [5.74, 6) is 0.905. The van der Waals surface area contributed by atoms with Gasteiger partial charge in [-0.15, -0.1) is 11.3 Å². The van der Waals surface area contributed by atoms with Crippen LogP contribution in [0.5, 0.6) is 0 Å². The van der Waals surface area contributed by atoms with Crippen molar-refractivity contribution < 1.29 is 0 Å². The second kappa shape index (κ2) is 9.03. The lowest BCUT2D eigenvalue weighted by atomic mass is 10.0. The van der Waals surface area contributed by atoms with Crippen molar-refractivity contribution in [2.75, 3.05) is 31.6 Å². The van der Waals surface area contributed by atoms with Crippen LogP contribution in [0.25, 0.3) is 0 Å². The monoisotopic (exact) mass is 371 g/mol. The number of aromatic nitrogens is 1. The van der Waals surface area contributed by atoms with Crippen LogP contribution in [0.15, 0.2) is 35.3 Å². The summed E-state index contributed by atoms with van der Waals surface area (Å²) in [5.41, 5.74) is 2.48. The molecule has 0 amide bonds. The SMILES string of the molecule is CN=C(NCCc1sc(C)nc1C)NC1CCN(c2ccccc2)CC1. The molecule has 1 aliphatic rings. The van der Waals surface area contributed by atoms with E-state index < -0.39 is 0 Å². The van der Waals surface area contributed by atoms with E-state index in [1.807, 2.05) is 7.05 Å². The molecule has 0 unspecified atom stereocenters. The van der Waals surface area contributed by atoms with Gasteiger partial charge in [0.1, 0.15) is 0 Å². The number of piperidine rings is 1. The molecule has 0 bridgehead atoms. The van der Waals surface area contributed by atoms with Crippen molar-refractivity contribution in [3.05, 3.63) is 45.9 Å². The van der Waals surface area contributed by atoms with Gasteiger partial charge in [-0.2, -0.15) is 0 Å². The van der Waals surface area contributed by atoms with Crippen LogP contribution in [0.4, 0.5) is 5.69 Å². The molecule has 6 heteroatoms. The minimum atomic E-state index is 0.480. The average molecular weight is 372 g/mol. The first-order valence-corrected chi connectivity index (χ1v) is 10.2. The van der Waals surface area contributed by atoms with Gasteiger partial charge >= 0.3 is 0 Å². The fourth-order valence-corrected chi connectivity index (χ4v) is 4.35. The van der Waals surface area contributed by atoms with Crippen LogP contribution >= 0.6 is 11.3 Å². The lowest BCUT2D eigenvalue weighted by molar-refractivity contribution is 0.461. The van der Waals surface area contributed by atoms with E-state index in [-0.39, 0.29) is 0 Å². The second-order valence-corrected chi connectivity index (χ2v) is 8.02. The third-order valence-electron chi connectivity index (χ3n) is 4.82. The molecule has 0 atom stereocenters. The molecule has 26 heavy (non-hydrogen) atoms. The van der Waals surface area contributed by atoms with Crippen molar-refractivity contribution in [1.82, 2.24) is 15.6 Å². The lowest BCUT2D eigenvalue weighted by Crippen LogP contribution is -2.49. The zero-order valence-electron chi connectivity index (χ0n) is 16.0. The summed E-state index contributed by atoms with van der Waals surface area (Å²) in [7, 11) is 1.84. The standard InChI is InChI=1S/C20H29N5S/c1-15-19(26-16(2)23-15)9-12-22-20(21-3)24-17-10-13-25(14-11-17)18-7-5-4-6-8-18/h4-8,17H,9-14H2,1-3H3,(H2,21,22,24). The van der Waals surface area contributed by atoms with Gasteiger partial charge in [0, 0.05) is 49.7 Å². The molecule has 0 saturated carbocycles. The molecule has 1 fully saturated rings. The second-order valence-electron chi connectivity index (χ2n) is 6.73. The number of hydrogen-bond acceptors (Lipinski definition) is 4. The highest BCUT2D eigenvalue weighted by molar-refractivity contribution is 7.11. The molecule has 2 heterocycles. The summed E-state index contributed by atoms with van der Waals surface area (Å²) < 4.78 is 0. The normalized spacial score (nSPS) is 16.0. The maximum absolute atomic E-state index is 4.49. The van der Waals surface area contributed by atoms with Gasteiger partial charge in [0.2, 0.25) is 0 Å². The first-order valence-electron chi connectivity index (χ1n) is 9.36. The summed E-state index contributed by atoms with van der Waals surface area (Å²) in [6, 6.07) is 11.2. The molecule has 140 valence electrons. The average Bonchev–Trinajstić information content (AvgIpc) is 2.99. The maximum Gasteiger partial charge on any atom is 0.191 e. The Bertz CT molecular complexity index is 717. The predicted octanol–water partition coefficient (Wildman–Crippen LogP) is 3.14. The van der Waals surface area contributed by atoms with Gasteiger partial charge in [-0.25, -0.2) is 4.98 Å². The molecular weight excluding hydrogens is 342 g/mol. The Morgan fingerprint density at radius 2 is 1.96 bits per heavy atom. The molecule has 0 aliphatic carbocycles. The summed E-state index contributed by atoms with van der Waals surface area (Å²) in [6.45, 7) is 7.20. The van der Waals surface area contributed by atoms with Crippen molar-refractivity contribution in [3.63, 3.8) is 0 Å². The van der Waals surface area contributed by atoms with Crippen LogP contribution in [-0.2, 0) is 6.42 Å². The Hall–Kier alpha value is -2.08. The van der Waals surface area contributed by atoms with Crippen molar-refractivity contribution in [2.24, 2.45) is 4.99 Å². The van der Waals surface area contributed by atoms with Gasteiger partial charge < -0.3 is 15.5 Å². The fourth-order valence-electron chi connectivity index (χ4n) is 3.41. The minimum Gasteiger partial charge on any atom is -0.371 e. The Morgan fingerprint density at radius 1 is 1.23 bits per heavy atom. The number of benzene rings is 1. The third-order valence-corrected chi connectivity index (χ3v) is 5.96. The van der Waals surface area contributed by atoms with Gasteiger partial charge in [0.15, 0.2) is 5.96 Å². The molecule has 1 aliphatic heterocycles. The molecule has 1 saturated heterocycles. The van der Waals surface area contributed by atoms with E-state index in [1.54, 1.807) is 11.3 Å². The van der Waals surface area contributed by atoms with E-state index in [2.05, 4.69) is 69.7 Å². The van der Waals surface area contributed by atoms with Crippen LogP contribution in [-0.4, -0.2) is 43.7 Å². The molecule has 5 nitrogen and oxygen atoms in total. The van der Waals surface area contributed by atoms with Gasteiger partial charge in [0.25, 0.3) is 0 Å². The van der Waals surface area contributed by atoms with Crippen molar-refractivity contribution in [3.8, 4) is 0 Å². The summed E-state index contributed by atoms with van der Waals surface area (Å²) in [6.07, 6.45) is 3.25. The first kappa shape index (κ1) is 18.7. The lowest BCUT2D eigenvalue weighted by Gasteiger charge is -2.34. The third kappa shape index (κ3) is 4.97. The highest BCUT2D eigenvalue weighted by Crippen LogP contribution is 2.19. The van der Waals surface area contributed by atoms with E-state index in [1.165, 1.54) is 10.6 Å². The molecular formula is C20H29N5S. The number of para-hydroxylation sites is 1. The van der Waals surface area contributed by atoms with Gasteiger partial charge in [0.05, 0.1) is 10.7 Å². The van der Waals surface area contributed by atoms with E-state index in [4.69, 9.17) is 0 Å². The number of nitrogens with one attached hydrogen (secondary N) is 2. The Morgan fingerprint density at radius 3 is 2.58 bits per heavy atom. The number of hydrogen-bond donors (Lipinski definition) is 2. The zero-order chi connectivity index (χ0) is 18.4. The van der Waals surface area contributed by atoms with Crippen LogP contribution in [0, 0.1) is 13.8 Å². The van der Waals surface area contributed by atoms with Gasteiger partial charge in [-0.3, -0.25) is 4.99 Å². The van der Waals surface area contributed by atoms with Crippen LogP contribution in [0.1, 0.15) is 28.4 Å². The Kier molecular flexibility index (Phi) is 6.50. The fraction of sp³-hybridized carbons (Fsp3) is 0.500. The molecule has 3 rings (SSSR count). The van der Waals surface area contributed by atoms with Crippen LogP contribution in [0.2, 0.25) is 0 Å². The zero-order valence-corrected chi connectivity index (χ0v) is 16.8. The Labute approximate surface area is 160 Å². The molecule has 2 aromatic rings. The first-order chi connectivity index (χ1) is 12.7. The van der Waals surface area contributed by atoms with Gasteiger partial charge in [-0.1, -0.05) is 18.2 Å². The number of guanidine groups is 1. The topological polar surface area (TPSA) is 52.6 Å². The van der Waals surface area contributed by atoms with E-state index in [0.29, 0.717) is 6.04 Å². The number of anilines is 1. The van der Waals surface area contributed by atoms with Crippen molar-refractivity contribution in [2.45, 2.75) is 39.2 Å². The van der Waals surface area contributed by atoms with Crippen molar-refractivity contribution in [1.29, 1.82) is 0 Å². The van der Waals surface area contributed by atoms with Gasteiger partial charge in [-0.05, 0) is 38.8 Å². The summed E-state index contributed by atoms with van der Waals surface area (Å²) >= 11 is 1.79. The van der Waals surface area contributed by atoms with E-state index in [0.717, 1.165) is 55.6 Å². The highest BCUT2D eigenvalue weighted by Gasteiger charge is 2.20. The van der Waals surface area contributed by atoms with Crippen molar-refractivity contribution >= 4 is 23.0 Å². The van der Waals surface area contributed by atoms with Crippen LogP contribution < -0.4 is 15.5 Å². The molecule has 0 spiro atoms. The molecule has 1 aromatic heterocycles. The number of nitrogens with zero attached hydrogens (tertiary/aromatic N) is 3. The quantitative estimate of drug-likeness (QED) is 0.626. The number of aliphatic imine (C=N–C) groups is 1. The molecule has 0 radical (unpaired) electrons. The van der Waals surface area contributed by atoms with E-state index in [9.17, 15) is 0 Å². The number of thiazole rings is 1. The molecule has 1 aromatic carbocycles. The minimum absolute atomic E-state index is 0.480. The smallest absolute Gasteiger partial charge is 0.191 e. The predicted molar refractivity (Wildman–Crippen MR) is 111 cm³/mol. The number of aryl methyl sites for hydroxylation is 2. The largest absolute Gasteiger partial charge is 0.371 e. The highest BCUT2D eigenvalue weighted by atomic mass is 32.1.